The SMILES string of the molecule is Br[C@H]1C[C@H]2[C@@H](C[C@H](Br)C23OCCO3)C12OCCO2. The highest BCUT2D eigenvalue weighted by Gasteiger charge is 2.70. The summed E-state index contributed by atoms with van der Waals surface area (Å²) in [6.45, 7) is 2.75. The van der Waals surface area contributed by atoms with Crippen molar-refractivity contribution in [2.45, 2.75) is 34.1 Å². The van der Waals surface area contributed by atoms with E-state index < -0.39 is 11.6 Å². The van der Waals surface area contributed by atoms with Gasteiger partial charge >= 0.3 is 0 Å². The minimum atomic E-state index is -0.463. The van der Waals surface area contributed by atoms with E-state index in [1.807, 2.05) is 0 Å². The molecule has 2 spiro atoms. The maximum absolute atomic E-state index is 5.98. The van der Waals surface area contributed by atoms with E-state index >= 15 is 0 Å². The van der Waals surface area contributed by atoms with Gasteiger partial charge in [0.05, 0.1) is 36.1 Å². The minimum Gasteiger partial charge on any atom is -0.346 e. The van der Waals surface area contributed by atoms with Gasteiger partial charge in [0, 0.05) is 11.8 Å². The molecule has 4 nitrogen and oxygen atoms in total. The number of hydrogen-bond donors (Lipinski definition) is 0. The third kappa shape index (κ3) is 1.40. The van der Waals surface area contributed by atoms with E-state index in [0.29, 0.717) is 38.3 Å². The fourth-order valence-corrected chi connectivity index (χ4v) is 6.15. The Morgan fingerprint density at radius 1 is 0.667 bits per heavy atom. The first-order chi connectivity index (χ1) is 8.69. The van der Waals surface area contributed by atoms with Crippen LogP contribution in [0.25, 0.3) is 0 Å². The molecule has 0 radical (unpaired) electrons. The summed E-state index contributed by atoms with van der Waals surface area (Å²) < 4.78 is 23.9. The van der Waals surface area contributed by atoms with E-state index in [0.717, 1.165) is 12.8 Å². The first kappa shape index (κ1) is 12.5. The first-order valence-electron chi connectivity index (χ1n) is 6.53. The van der Waals surface area contributed by atoms with E-state index in [4.69, 9.17) is 18.9 Å². The summed E-state index contributed by atoms with van der Waals surface area (Å²) in [5.41, 5.74) is 0. The van der Waals surface area contributed by atoms with Crippen LogP contribution in [0.3, 0.4) is 0 Å². The van der Waals surface area contributed by atoms with Gasteiger partial charge in [-0.05, 0) is 12.8 Å². The lowest BCUT2D eigenvalue weighted by Gasteiger charge is -2.32. The molecule has 2 heterocycles. The highest BCUT2D eigenvalue weighted by Crippen LogP contribution is 2.62. The van der Waals surface area contributed by atoms with Gasteiger partial charge in [-0.15, -0.1) is 0 Å². The second-order valence-electron chi connectivity index (χ2n) is 5.46. The summed E-state index contributed by atoms with van der Waals surface area (Å²) in [7, 11) is 0. The van der Waals surface area contributed by atoms with Crippen molar-refractivity contribution in [3.8, 4) is 0 Å². The van der Waals surface area contributed by atoms with E-state index in [2.05, 4.69) is 31.9 Å². The van der Waals surface area contributed by atoms with Gasteiger partial charge in [0.2, 0.25) is 0 Å². The van der Waals surface area contributed by atoms with Crippen LogP contribution in [-0.2, 0) is 18.9 Å². The van der Waals surface area contributed by atoms with Crippen molar-refractivity contribution in [3.63, 3.8) is 0 Å². The highest BCUT2D eigenvalue weighted by atomic mass is 79.9. The number of alkyl halides is 2. The molecule has 4 aliphatic rings. The zero-order chi connectivity index (χ0) is 12.4. The van der Waals surface area contributed by atoms with Crippen molar-refractivity contribution in [2.75, 3.05) is 26.4 Å². The monoisotopic (exact) mass is 382 g/mol. The molecule has 2 aliphatic heterocycles. The summed E-state index contributed by atoms with van der Waals surface area (Å²) in [5, 5.41) is 0. The molecule has 0 unspecified atom stereocenters. The molecule has 0 N–H and O–H groups in total. The lowest BCUT2D eigenvalue weighted by molar-refractivity contribution is -0.202. The predicted octanol–water partition coefficient (Wildman–Crippen LogP) is 2.04. The van der Waals surface area contributed by atoms with Crippen LogP contribution in [0.1, 0.15) is 12.8 Å². The Kier molecular flexibility index (Phi) is 2.89. The standard InChI is InChI=1S/C12H16Br2O4/c13-9-6-8-7(11(9)15-1-2-16-11)5-10(14)12(8)17-3-4-18-12/h7-10H,1-6H2/t7-,8+,9-,10-/m0/s1. The van der Waals surface area contributed by atoms with Gasteiger partial charge in [-0.1, -0.05) is 31.9 Å². The summed E-state index contributed by atoms with van der Waals surface area (Å²) in [6.07, 6.45) is 1.96. The molecule has 6 heteroatoms. The van der Waals surface area contributed by atoms with E-state index in [-0.39, 0.29) is 9.65 Å². The predicted molar refractivity (Wildman–Crippen MR) is 70.9 cm³/mol. The first-order valence-corrected chi connectivity index (χ1v) is 8.36. The van der Waals surface area contributed by atoms with Gasteiger partial charge in [0.25, 0.3) is 0 Å². The average molecular weight is 384 g/mol. The maximum atomic E-state index is 5.98. The Balaban J connectivity index is 1.71. The second kappa shape index (κ2) is 4.15. The molecule has 4 fully saturated rings. The van der Waals surface area contributed by atoms with Gasteiger partial charge in [-0.3, -0.25) is 0 Å². The van der Waals surface area contributed by atoms with Crippen molar-refractivity contribution in [1.29, 1.82) is 0 Å². The third-order valence-electron chi connectivity index (χ3n) is 4.79. The number of fused-ring (bicyclic) bond motifs is 3. The van der Waals surface area contributed by atoms with Crippen LogP contribution in [0.2, 0.25) is 0 Å². The molecule has 0 amide bonds. The van der Waals surface area contributed by atoms with Crippen molar-refractivity contribution in [1.82, 2.24) is 0 Å². The van der Waals surface area contributed by atoms with E-state index in [1.165, 1.54) is 0 Å². The molecular weight excluding hydrogens is 368 g/mol. The van der Waals surface area contributed by atoms with Crippen LogP contribution in [0.5, 0.6) is 0 Å². The number of halogens is 2. The van der Waals surface area contributed by atoms with Gasteiger partial charge in [-0.2, -0.15) is 0 Å². The van der Waals surface area contributed by atoms with Gasteiger partial charge < -0.3 is 18.9 Å². The minimum absolute atomic E-state index is 0.229. The Labute approximate surface area is 123 Å². The molecule has 2 aliphatic carbocycles. The van der Waals surface area contributed by atoms with Crippen molar-refractivity contribution >= 4 is 31.9 Å². The summed E-state index contributed by atoms with van der Waals surface area (Å²) in [4.78, 5) is 0.458. The quantitative estimate of drug-likeness (QED) is 0.600. The topological polar surface area (TPSA) is 36.9 Å². The fraction of sp³-hybridized carbons (Fsp3) is 1.00. The van der Waals surface area contributed by atoms with Crippen LogP contribution in [-0.4, -0.2) is 47.7 Å². The van der Waals surface area contributed by atoms with Crippen molar-refractivity contribution in [3.05, 3.63) is 0 Å². The molecule has 4 atom stereocenters. The van der Waals surface area contributed by atoms with Crippen LogP contribution in [0.15, 0.2) is 0 Å². The number of ether oxygens (including phenoxy) is 4. The Morgan fingerprint density at radius 3 is 1.33 bits per heavy atom. The van der Waals surface area contributed by atoms with Crippen LogP contribution in [0, 0.1) is 11.8 Å². The molecule has 0 bridgehead atoms. The smallest absolute Gasteiger partial charge is 0.184 e. The van der Waals surface area contributed by atoms with E-state index in [1.54, 1.807) is 0 Å². The fourth-order valence-electron chi connectivity index (χ4n) is 4.13. The molecule has 0 aromatic carbocycles. The van der Waals surface area contributed by atoms with Crippen molar-refractivity contribution in [2.24, 2.45) is 11.8 Å². The lowest BCUT2D eigenvalue weighted by atomic mass is 9.94. The second-order valence-corrected chi connectivity index (χ2v) is 7.67. The molecule has 18 heavy (non-hydrogen) atoms. The summed E-state index contributed by atoms with van der Waals surface area (Å²) >= 11 is 7.50. The summed E-state index contributed by atoms with van der Waals surface area (Å²) in [6, 6.07) is 0. The third-order valence-corrected chi connectivity index (χ3v) is 6.82. The van der Waals surface area contributed by atoms with Crippen LogP contribution in [0.4, 0.5) is 0 Å². The largest absolute Gasteiger partial charge is 0.346 e. The van der Waals surface area contributed by atoms with Crippen LogP contribution >= 0.6 is 31.9 Å². The Bertz CT molecular complexity index is 318. The summed E-state index contributed by atoms with van der Waals surface area (Å²) in [5.74, 6) is -0.246. The number of rotatable bonds is 0. The molecule has 102 valence electrons. The Morgan fingerprint density at radius 2 is 1.00 bits per heavy atom. The average Bonchev–Trinajstić information content (AvgIpc) is 3.07. The zero-order valence-corrected chi connectivity index (χ0v) is 13.1. The lowest BCUT2D eigenvalue weighted by Crippen LogP contribution is -2.43. The molecule has 2 saturated carbocycles. The van der Waals surface area contributed by atoms with Crippen LogP contribution < -0.4 is 0 Å². The molecular formula is C12H16Br2O4. The Hall–Kier alpha value is 0.800. The normalized spacial score (nSPS) is 48.3. The highest BCUT2D eigenvalue weighted by molar-refractivity contribution is 9.09. The zero-order valence-electron chi connectivity index (χ0n) is 9.94. The molecule has 0 aromatic rings. The molecule has 2 saturated heterocycles. The van der Waals surface area contributed by atoms with Gasteiger partial charge in [0.1, 0.15) is 0 Å². The van der Waals surface area contributed by atoms with Crippen molar-refractivity contribution < 1.29 is 18.9 Å². The van der Waals surface area contributed by atoms with E-state index in [9.17, 15) is 0 Å². The molecule has 4 rings (SSSR count). The van der Waals surface area contributed by atoms with Gasteiger partial charge in [-0.25, -0.2) is 0 Å². The maximum Gasteiger partial charge on any atom is 0.184 e. The van der Waals surface area contributed by atoms with Gasteiger partial charge in [0.15, 0.2) is 11.6 Å². The number of hydrogen-bond acceptors (Lipinski definition) is 4. The molecule has 0 aromatic heterocycles.